The Bertz CT molecular complexity index is 164. The Morgan fingerprint density at radius 3 is 2.50 bits per heavy atom. The molecule has 0 amide bonds. The minimum atomic E-state index is 0.868. The second kappa shape index (κ2) is 4.98. The van der Waals surface area contributed by atoms with Crippen molar-refractivity contribution in [3.63, 3.8) is 0 Å². The molecule has 1 heteroatoms. The van der Waals surface area contributed by atoms with E-state index in [1.807, 2.05) is 20.0 Å². The summed E-state index contributed by atoms with van der Waals surface area (Å²) in [7, 11) is 1.81. The zero-order valence-electron chi connectivity index (χ0n) is 7.02. The van der Waals surface area contributed by atoms with Gasteiger partial charge in [0.1, 0.15) is 0 Å². The van der Waals surface area contributed by atoms with Crippen molar-refractivity contribution >= 4 is 5.71 Å². The van der Waals surface area contributed by atoms with E-state index in [-0.39, 0.29) is 0 Å². The molecule has 0 aromatic heterocycles. The zero-order chi connectivity index (χ0) is 7.98. The molecule has 56 valence electrons. The van der Waals surface area contributed by atoms with Crippen molar-refractivity contribution in [3.8, 4) is 0 Å². The molecule has 0 saturated heterocycles. The highest BCUT2D eigenvalue weighted by molar-refractivity contribution is 6.00. The molecule has 0 rings (SSSR count). The van der Waals surface area contributed by atoms with Crippen LogP contribution in [0.15, 0.2) is 29.3 Å². The van der Waals surface area contributed by atoms with Crippen molar-refractivity contribution in [1.29, 1.82) is 0 Å². The van der Waals surface area contributed by atoms with Crippen LogP contribution in [0.2, 0.25) is 0 Å². The molecule has 10 heavy (non-hydrogen) atoms. The van der Waals surface area contributed by atoms with E-state index in [9.17, 15) is 0 Å². The average Bonchev–Trinajstić information content (AvgIpc) is 1.99. The van der Waals surface area contributed by atoms with E-state index in [2.05, 4.69) is 24.6 Å². The van der Waals surface area contributed by atoms with E-state index >= 15 is 0 Å². The van der Waals surface area contributed by atoms with E-state index < -0.39 is 0 Å². The van der Waals surface area contributed by atoms with Gasteiger partial charge in [-0.05, 0) is 19.4 Å². The first-order valence-electron chi connectivity index (χ1n) is 3.46. The molecule has 0 bridgehead atoms. The lowest BCUT2D eigenvalue weighted by Gasteiger charge is -2.00. The second-order valence-corrected chi connectivity index (χ2v) is 2.13. The molecule has 0 saturated carbocycles. The summed E-state index contributed by atoms with van der Waals surface area (Å²) in [4.78, 5) is 4.13. The van der Waals surface area contributed by atoms with Gasteiger partial charge in [-0.1, -0.05) is 12.2 Å². The number of rotatable bonds is 3. The molecule has 0 fully saturated rings. The van der Waals surface area contributed by atoms with E-state index in [1.165, 1.54) is 5.57 Å². The Kier molecular flexibility index (Phi) is 4.55. The minimum Gasteiger partial charge on any atom is -0.293 e. The van der Waals surface area contributed by atoms with Crippen LogP contribution in [0.4, 0.5) is 0 Å². The fraction of sp³-hybridized carbons (Fsp3) is 0.444. The van der Waals surface area contributed by atoms with Gasteiger partial charge in [0.05, 0.1) is 0 Å². The quantitative estimate of drug-likeness (QED) is 0.419. The van der Waals surface area contributed by atoms with Crippen LogP contribution in [0.25, 0.3) is 0 Å². The topological polar surface area (TPSA) is 12.4 Å². The number of hydrogen-bond donors (Lipinski definition) is 0. The van der Waals surface area contributed by atoms with Gasteiger partial charge in [-0.3, -0.25) is 4.99 Å². The van der Waals surface area contributed by atoms with Crippen LogP contribution < -0.4 is 0 Å². The predicted molar refractivity (Wildman–Crippen MR) is 47.6 cm³/mol. The fourth-order valence-electron chi connectivity index (χ4n) is 0.732. The number of allylic oxidation sites excluding steroid dienone is 3. The van der Waals surface area contributed by atoms with Crippen LogP contribution in [0.5, 0.6) is 0 Å². The first-order valence-corrected chi connectivity index (χ1v) is 3.46. The zero-order valence-corrected chi connectivity index (χ0v) is 7.02. The van der Waals surface area contributed by atoms with Crippen molar-refractivity contribution in [2.24, 2.45) is 4.99 Å². The van der Waals surface area contributed by atoms with Gasteiger partial charge >= 0.3 is 0 Å². The summed E-state index contributed by atoms with van der Waals surface area (Å²) in [5, 5.41) is 0. The lowest BCUT2D eigenvalue weighted by Crippen LogP contribution is -1.97. The first-order chi connectivity index (χ1) is 4.76. The maximum Gasteiger partial charge on any atom is 0.0408 e. The Morgan fingerprint density at radius 1 is 1.60 bits per heavy atom. The van der Waals surface area contributed by atoms with Gasteiger partial charge in [0, 0.05) is 19.2 Å². The molecule has 0 aliphatic rings. The van der Waals surface area contributed by atoms with Gasteiger partial charge in [0.25, 0.3) is 0 Å². The summed E-state index contributed by atoms with van der Waals surface area (Å²) >= 11 is 0. The van der Waals surface area contributed by atoms with Crippen molar-refractivity contribution in [3.05, 3.63) is 24.3 Å². The molecule has 0 N–H and O–H groups in total. The van der Waals surface area contributed by atoms with E-state index in [0.29, 0.717) is 0 Å². The normalized spacial score (nSPS) is 13.5. The SMILES string of the molecule is C=CCC(=N/C)/C(C)=C\C. The van der Waals surface area contributed by atoms with E-state index in [1.54, 1.807) is 0 Å². The summed E-state index contributed by atoms with van der Waals surface area (Å²) in [6.45, 7) is 7.74. The molecule has 0 unspecified atom stereocenters. The molecule has 0 aromatic rings. The molecular formula is C9H15N. The largest absolute Gasteiger partial charge is 0.293 e. The Balaban J connectivity index is 4.22. The Labute approximate surface area is 63.2 Å². The van der Waals surface area contributed by atoms with Crippen LogP contribution in [-0.4, -0.2) is 12.8 Å². The van der Waals surface area contributed by atoms with E-state index in [0.717, 1.165) is 12.1 Å². The summed E-state index contributed by atoms with van der Waals surface area (Å²) in [5.74, 6) is 0. The van der Waals surface area contributed by atoms with Crippen LogP contribution in [0.1, 0.15) is 20.3 Å². The lowest BCUT2D eigenvalue weighted by molar-refractivity contribution is 1.32. The third kappa shape index (κ3) is 2.62. The summed E-state index contributed by atoms with van der Waals surface area (Å²) in [6, 6.07) is 0. The predicted octanol–water partition coefficient (Wildman–Crippen LogP) is 2.60. The molecule has 0 aliphatic carbocycles. The van der Waals surface area contributed by atoms with Crippen LogP contribution in [0, 0.1) is 0 Å². The van der Waals surface area contributed by atoms with E-state index in [4.69, 9.17) is 0 Å². The third-order valence-corrected chi connectivity index (χ3v) is 1.50. The summed E-state index contributed by atoms with van der Waals surface area (Å²) in [5.41, 5.74) is 2.36. The second-order valence-electron chi connectivity index (χ2n) is 2.13. The number of hydrogen-bond acceptors (Lipinski definition) is 1. The van der Waals surface area contributed by atoms with Crippen molar-refractivity contribution in [2.45, 2.75) is 20.3 Å². The maximum atomic E-state index is 4.13. The highest BCUT2D eigenvalue weighted by atomic mass is 14.7. The van der Waals surface area contributed by atoms with Crippen molar-refractivity contribution < 1.29 is 0 Å². The van der Waals surface area contributed by atoms with Gasteiger partial charge < -0.3 is 0 Å². The van der Waals surface area contributed by atoms with Crippen LogP contribution in [0.3, 0.4) is 0 Å². The maximum absolute atomic E-state index is 4.13. The number of aliphatic imine (C=N–C) groups is 1. The molecular weight excluding hydrogens is 122 g/mol. The highest BCUT2D eigenvalue weighted by Gasteiger charge is 1.94. The smallest absolute Gasteiger partial charge is 0.0408 e. The monoisotopic (exact) mass is 137 g/mol. The third-order valence-electron chi connectivity index (χ3n) is 1.50. The molecule has 0 radical (unpaired) electrons. The van der Waals surface area contributed by atoms with Gasteiger partial charge in [0.2, 0.25) is 0 Å². The van der Waals surface area contributed by atoms with Gasteiger partial charge in [-0.15, -0.1) is 6.58 Å². The molecule has 0 heterocycles. The van der Waals surface area contributed by atoms with Crippen LogP contribution in [-0.2, 0) is 0 Å². The summed E-state index contributed by atoms with van der Waals surface area (Å²) in [6.07, 6.45) is 4.80. The minimum absolute atomic E-state index is 0.868. The molecule has 0 aromatic carbocycles. The van der Waals surface area contributed by atoms with Gasteiger partial charge in [0.15, 0.2) is 0 Å². The first kappa shape index (κ1) is 9.15. The highest BCUT2D eigenvalue weighted by Crippen LogP contribution is 2.00. The fourth-order valence-corrected chi connectivity index (χ4v) is 0.732. The Hall–Kier alpha value is -0.850. The molecule has 0 atom stereocenters. The lowest BCUT2D eigenvalue weighted by atomic mass is 10.1. The Morgan fingerprint density at radius 2 is 2.20 bits per heavy atom. The average molecular weight is 137 g/mol. The molecule has 0 aliphatic heterocycles. The van der Waals surface area contributed by atoms with Crippen LogP contribution >= 0.6 is 0 Å². The van der Waals surface area contributed by atoms with Crippen molar-refractivity contribution in [2.75, 3.05) is 7.05 Å². The van der Waals surface area contributed by atoms with Gasteiger partial charge in [-0.25, -0.2) is 0 Å². The molecule has 0 spiro atoms. The van der Waals surface area contributed by atoms with Crippen molar-refractivity contribution in [1.82, 2.24) is 0 Å². The summed E-state index contributed by atoms with van der Waals surface area (Å²) < 4.78 is 0. The molecule has 1 nitrogen and oxygen atoms in total. The number of nitrogens with zero attached hydrogens (tertiary/aromatic N) is 1. The standard InChI is InChI=1S/C9H15N/c1-5-7-9(10-4)8(3)6-2/h5-6H,1,7H2,2-4H3/b8-6-,10-9-. The van der Waals surface area contributed by atoms with Gasteiger partial charge in [-0.2, -0.15) is 0 Å².